The molecule has 2 rings (SSSR count). The van der Waals surface area contributed by atoms with Crippen molar-refractivity contribution in [1.82, 2.24) is 5.32 Å². The third-order valence-electron chi connectivity index (χ3n) is 3.16. The number of halogens is 1. The van der Waals surface area contributed by atoms with Crippen LogP contribution in [-0.2, 0) is 4.79 Å². The van der Waals surface area contributed by atoms with E-state index in [4.69, 9.17) is 16.3 Å². The normalized spacial score (nSPS) is 10.7. The lowest BCUT2D eigenvalue weighted by Crippen LogP contribution is -2.26. The summed E-state index contributed by atoms with van der Waals surface area (Å²) in [5.74, 6) is 0.678. The number of carbonyl (C=O) groups is 1. The van der Waals surface area contributed by atoms with E-state index in [2.05, 4.69) is 11.4 Å². The molecule has 0 aromatic heterocycles. The maximum atomic E-state index is 11.7. The van der Waals surface area contributed by atoms with Crippen molar-refractivity contribution in [3.63, 3.8) is 0 Å². The standard InChI is InChI=1S/C19H20ClNO2/c1-14-11-15(2)13-18(12-14)23-10-9-21-19(22)8-5-16-3-6-17(20)7-4-16/h3-8,11-13H,9-10H2,1-2H3,(H,21,22)/b8-5+. The van der Waals surface area contributed by atoms with E-state index in [-0.39, 0.29) is 5.91 Å². The number of rotatable bonds is 6. The summed E-state index contributed by atoms with van der Waals surface area (Å²) >= 11 is 5.81. The van der Waals surface area contributed by atoms with Crippen LogP contribution in [0.25, 0.3) is 6.08 Å². The van der Waals surface area contributed by atoms with Gasteiger partial charge < -0.3 is 10.1 Å². The van der Waals surface area contributed by atoms with Crippen molar-refractivity contribution in [2.45, 2.75) is 13.8 Å². The molecule has 0 unspecified atom stereocenters. The Morgan fingerprint density at radius 3 is 2.43 bits per heavy atom. The van der Waals surface area contributed by atoms with Crippen LogP contribution in [0.3, 0.4) is 0 Å². The minimum atomic E-state index is -0.149. The SMILES string of the molecule is Cc1cc(C)cc(OCCNC(=O)/C=C/c2ccc(Cl)cc2)c1. The van der Waals surface area contributed by atoms with Crippen molar-refractivity contribution in [3.8, 4) is 5.75 Å². The molecule has 0 bridgehead atoms. The number of nitrogens with one attached hydrogen (secondary N) is 1. The lowest BCUT2D eigenvalue weighted by atomic mass is 10.1. The second-order valence-electron chi connectivity index (χ2n) is 5.35. The van der Waals surface area contributed by atoms with Crippen LogP contribution in [0, 0.1) is 13.8 Å². The Morgan fingerprint density at radius 2 is 1.78 bits per heavy atom. The highest BCUT2D eigenvalue weighted by Gasteiger charge is 1.98. The molecule has 23 heavy (non-hydrogen) atoms. The van der Waals surface area contributed by atoms with Gasteiger partial charge in [0.1, 0.15) is 12.4 Å². The van der Waals surface area contributed by atoms with Crippen LogP contribution < -0.4 is 10.1 Å². The lowest BCUT2D eigenvalue weighted by Gasteiger charge is -2.08. The van der Waals surface area contributed by atoms with Crippen molar-refractivity contribution < 1.29 is 9.53 Å². The molecule has 0 aliphatic carbocycles. The zero-order valence-electron chi connectivity index (χ0n) is 13.3. The van der Waals surface area contributed by atoms with Gasteiger partial charge in [-0.3, -0.25) is 4.79 Å². The Morgan fingerprint density at radius 1 is 1.13 bits per heavy atom. The summed E-state index contributed by atoms with van der Waals surface area (Å²) in [4.78, 5) is 11.7. The summed E-state index contributed by atoms with van der Waals surface area (Å²) in [5.41, 5.74) is 3.25. The van der Waals surface area contributed by atoms with E-state index in [0.29, 0.717) is 18.2 Å². The fourth-order valence-corrected chi connectivity index (χ4v) is 2.29. The van der Waals surface area contributed by atoms with Gasteiger partial charge in [0.25, 0.3) is 0 Å². The monoisotopic (exact) mass is 329 g/mol. The zero-order chi connectivity index (χ0) is 16.7. The van der Waals surface area contributed by atoms with Crippen LogP contribution in [0.4, 0.5) is 0 Å². The quantitative estimate of drug-likeness (QED) is 0.638. The van der Waals surface area contributed by atoms with Crippen molar-refractivity contribution in [2.75, 3.05) is 13.2 Å². The molecule has 0 saturated carbocycles. The van der Waals surface area contributed by atoms with Gasteiger partial charge in [0.15, 0.2) is 0 Å². The number of ether oxygens (including phenoxy) is 1. The Balaban J connectivity index is 1.73. The van der Waals surface area contributed by atoms with Crippen LogP contribution in [0.1, 0.15) is 16.7 Å². The first kappa shape index (κ1) is 17.1. The molecule has 120 valence electrons. The average Bonchev–Trinajstić information content (AvgIpc) is 2.50. The van der Waals surface area contributed by atoms with Gasteiger partial charge in [-0.25, -0.2) is 0 Å². The second kappa shape index (κ2) is 8.39. The number of hydrogen-bond acceptors (Lipinski definition) is 2. The third kappa shape index (κ3) is 6.17. The summed E-state index contributed by atoms with van der Waals surface area (Å²) in [6.07, 6.45) is 3.25. The molecule has 1 N–H and O–H groups in total. The highest BCUT2D eigenvalue weighted by molar-refractivity contribution is 6.30. The zero-order valence-corrected chi connectivity index (χ0v) is 14.1. The fraction of sp³-hybridized carbons (Fsp3) is 0.211. The van der Waals surface area contributed by atoms with Crippen molar-refractivity contribution >= 4 is 23.6 Å². The van der Waals surface area contributed by atoms with Gasteiger partial charge in [0, 0.05) is 11.1 Å². The summed E-state index contributed by atoms with van der Waals surface area (Å²) in [6, 6.07) is 13.3. The first-order valence-corrected chi connectivity index (χ1v) is 7.83. The first-order valence-electron chi connectivity index (χ1n) is 7.45. The van der Waals surface area contributed by atoms with E-state index in [1.54, 1.807) is 18.2 Å². The molecule has 0 aliphatic heterocycles. The largest absolute Gasteiger partial charge is 0.492 e. The van der Waals surface area contributed by atoms with Crippen molar-refractivity contribution in [3.05, 3.63) is 70.3 Å². The number of aryl methyl sites for hydroxylation is 2. The minimum Gasteiger partial charge on any atom is -0.492 e. The fourth-order valence-electron chi connectivity index (χ4n) is 2.16. The summed E-state index contributed by atoms with van der Waals surface area (Å²) in [7, 11) is 0. The Kier molecular flexibility index (Phi) is 6.24. The number of amides is 1. The van der Waals surface area contributed by atoms with Gasteiger partial charge in [0.2, 0.25) is 5.91 Å². The van der Waals surface area contributed by atoms with Gasteiger partial charge in [-0.1, -0.05) is 29.8 Å². The molecule has 0 spiro atoms. The van der Waals surface area contributed by atoms with E-state index in [9.17, 15) is 4.79 Å². The van der Waals surface area contributed by atoms with Crippen molar-refractivity contribution in [1.29, 1.82) is 0 Å². The Hall–Kier alpha value is -2.26. The third-order valence-corrected chi connectivity index (χ3v) is 3.41. The van der Waals surface area contributed by atoms with Crippen LogP contribution in [0.15, 0.2) is 48.5 Å². The Labute approximate surface area is 141 Å². The number of benzene rings is 2. The summed E-state index contributed by atoms with van der Waals surface area (Å²) < 4.78 is 5.64. The Bertz CT molecular complexity index is 673. The topological polar surface area (TPSA) is 38.3 Å². The molecule has 0 atom stereocenters. The molecule has 0 fully saturated rings. The lowest BCUT2D eigenvalue weighted by molar-refractivity contribution is -0.116. The number of carbonyl (C=O) groups excluding carboxylic acids is 1. The smallest absolute Gasteiger partial charge is 0.244 e. The van der Waals surface area contributed by atoms with Crippen molar-refractivity contribution in [2.24, 2.45) is 0 Å². The number of hydrogen-bond donors (Lipinski definition) is 1. The predicted octanol–water partition coefficient (Wildman–Crippen LogP) is 4.17. The molecule has 2 aromatic carbocycles. The van der Waals surface area contributed by atoms with E-state index in [0.717, 1.165) is 22.4 Å². The summed E-state index contributed by atoms with van der Waals surface area (Å²) in [6.45, 7) is 4.95. The molecule has 2 aromatic rings. The molecule has 0 radical (unpaired) electrons. The van der Waals surface area contributed by atoms with E-state index in [1.165, 1.54) is 6.08 Å². The van der Waals surface area contributed by atoms with E-state index >= 15 is 0 Å². The first-order chi connectivity index (χ1) is 11.0. The second-order valence-corrected chi connectivity index (χ2v) is 5.78. The maximum absolute atomic E-state index is 11.7. The van der Waals surface area contributed by atoms with Gasteiger partial charge >= 0.3 is 0 Å². The predicted molar refractivity (Wildman–Crippen MR) is 94.9 cm³/mol. The van der Waals surface area contributed by atoms with Gasteiger partial charge in [-0.2, -0.15) is 0 Å². The maximum Gasteiger partial charge on any atom is 0.244 e. The molecular formula is C19H20ClNO2. The average molecular weight is 330 g/mol. The highest BCUT2D eigenvalue weighted by atomic mass is 35.5. The molecule has 0 heterocycles. The summed E-state index contributed by atoms with van der Waals surface area (Å²) in [5, 5.41) is 3.46. The molecule has 0 aliphatic rings. The molecule has 4 heteroatoms. The van der Waals surface area contributed by atoms with E-state index in [1.807, 2.05) is 38.1 Å². The van der Waals surface area contributed by atoms with Crippen LogP contribution >= 0.6 is 11.6 Å². The highest BCUT2D eigenvalue weighted by Crippen LogP contribution is 2.15. The molecule has 0 saturated heterocycles. The van der Waals surface area contributed by atoms with Crippen LogP contribution in [0.5, 0.6) is 5.75 Å². The minimum absolute atomic E-state index is 0.149. The van der Waals surface area contributed by atoms with Gasteiger partial charge in [-0.05, 0) is 60.9 Å². The van der Waals surface area contributed by atoms with Crippen LogP contribution in [0.2, 0.25) is 5.02 Å². The van der Waals surface area contributed by atoms with Gasteiger partial charge in [0.05, 0.1) is 6.54 Å². The molecular weight excluding hydrogens is 310 g/mol. The molecule has 3 nitrogen and oxygen atoms in total. The van der Waals surface area contributed by atoms with E-state index < -0.39 is 0 Å². The molecule has 1 amide bonds. The van der Waals surface area contributed by atoms with Crippen LogP contribution in [-0.4, -0.2) is 19.1 Å². The van der Waals surface area contributed by atoms with Gasteiger partial charge in [-0.15, -0.1) is 0 Å².